The molecular formula is C11H9F13O3S. The number of halogens is 13. The highest BCUT2D eigenvalue weighted by molar-refractivity contribution is 7.84. The molecule has 1 atom stereocenters. The molecule has 28 heavy (non-hydrogen) atoms. The normalized spacial score (nSPS) is 16.2. The quantitative estimate of drug-likeness (QED) is 0.486. The molecule has 0 aromatic carbocycles. The maximum absolute atomic E-state index is 13.3. The molecular weight excluding hydrogens is 459 g/mol. The molecule has 0 saturated heterocycles. The van der Waals surface area contributed by atoms with Crippen LogP contribution in [0.3, 0.4) is 0 Å². The maximum atomic E-state index is 13.3. The molecule has 0 aliphatic rings. The van der Waals surface area contributed by atoms with E-state index in [2.05, 4.69) is 0 Å². The fraction of sp³-hybridized carbons (Fsp3) is 0.909. The first-order valence-electron chi connectivity index (χ1n) is 6.59. The van der Waals surface area contributed by atoms with E-state index in [1.54, 1.807) is 0 Å². The minimum Gasteiger partial charge on any atom is -0.481 e. The second-order valence-corrected chi connectivity index (χ2v) is 6.94. The summed E-state index contributed by atoms with van der Waals surface area (Å²) >= 11 is 0. The second kappa shape index (κ2) is 7.85. The molecule has 0 heterocycles. The van der Waals surface area contributed by atoms with Crippen LogP contribution in [0.4, 0.5) is 57.1 Å². The molecule has 3 nitrogen and oxygen atoms in total. The number of aliphatic carboxylic acids is 1. The average Bonchev–Trinajstić information content (AvgIpc) is 2.48. The Labute approximate surface area is 149 Å². The molecule has 0 aliphatic carbocycles. The number of carboxylic acids is 1. The Morgan fingerprint density at radius 2 is 1.07 bits per heavy atom. The van der Waals surface area contributed by atoms with Gasteiger partial charge in [-0.3, -0.25) is 9.00 Å². The van der Waals surface area contributed by atoms with Crippen LogP contribution in [-0.2, 0) is 15.6 Å². The Hall–Kier alpha value is -1.29. The lowest BCUT2D eigenvalue weighted by Gasteiger charge is -2.39. The van der Waals surface area contributed by atoms with Crippen molar-refractivity contribution in [1.29, 1.82) is 0 Å². The first-order chi connectivity index (χ1) is 12.1. The molecule has 168 valence electrons. The molecule has 0 saturated carbocycles. The van der Waals surface area contributed by atoms with Crippen LogP contribution in [0.5, 0.6) is 0 Å². The van der Waals surface area contributed by atoms with E-state index in [0.29, 0.717) is 0 Å². The molecule has 0 aromatic heterocycles. The van der Waals surface area contributed by atoms with E-state index in [9.17, 15) is 66.1 Å². The Balaban J connectivity index is 5.74. The lowest BCUT2D eigenvalue weighted by molar-refractivity contribution is -0.439. The SMILES string of the molecule is O=C(O)CCS(=O)CCC(F)(F)C(F)(F)C(F)(F)C(F)(F)C(F)(F)C(F)(F)F. The van der Waals surface area contributed by atoms with E-state index >= 15 is 0 Å². The molecule has 17 heteroatoms. The molecule has 0 fully saturated rings. The topological polar surface area (TPSA) is 54.4 Å². The standard InChI is InChI=1S/C11H9F13O3S/c12-6(13,2-4-28(27)3-1-5(25)26)7(14,15)8(16,17)9(18,19)10(20,21)11(22,23)24/h1-4H2,(H,25,26). The van der Waals surface area contributed by atoms with Crippen molar-refractivity contribution in [2.24, 2.45) is 0 Å². The zero-order chi connectivity index (χ0) is 23.0. The average molecular weight is 468 g/mol. The van der Waals surface area contributed by atoms with Gasteiger partial charge >= 0.3 is 41.8 Å². The lowest BCUT2D eigenvalue weighted by atomic mass is 9.93. The summed E-state index contributed by atoms with van der Waals surface area (Å²) in [5, 5.41) is 8.21. The number of hydrogen-bond acceptors (Lipinski definition) is 2. The molecule has 1 N–H and O–H groups in total. The Morgan fingerprint density at radius 3 is 1.43 bits per heavy atom. The van der Waals surface area contributed by atoms with Crippen molar-refractivity contribution in [3.05, 3.63) is 0 Å². The summed E-state index contributed by atoms with van der Waals surface area (Å²) in [6.45, 7) is 0. The summed E-state index contributed by atoms with van der Waals surface area (Å²) in [6, 6.07) is 0. The van der Waals surface area contributed by atoms with Crippen molar-refractivity contribution in [3.63, 3.8) is 0 Å². The van der Waals surface area contributed by atoms with Crippen molar-refractivity contribution < 1.29 is 71.2 Å². The number of rotatable bonds is 10. The van der Waals surface area contributed by atoms with Gasteiger partial charge in [0.2, 0.25) is 0 Å². The van der Waals surface area contributed by atoms with Crippen LogP contribution in [0, 0.1) is 0 Å². The van der Waals surface area contributed by atoms with Gasteiger partial charge in [-0.05, 0) is 0 Å². The van der Waals surface area contributed by atoms with E-state index in [-0.39, 0.29) is 0 Å². The number of alkyl halides is 13. The van der Waals surface area contributed by atoms with Gasteiger partial charge in [-0.15, -0.1) is 0 Å². The van der Waals surface area contributed by atoms with Gasteiger partial charge in [-0.25, -0.2) is 0 Å². The summed E-state index contributed by atoms with van der Waals surface area (Å²) in [4.78, 5) is 10.1. The maximum Gasteiger partial charge on any atom is 0.460 e. The van der Waals surface area contributed by atoms with E-state index in [1.807, 2.05) is 0 Å². The van der Waals surface area contributed by atoms with Crippen molar-refractivity contribution in [3.8, 4) is 0 Å². The predicted octanol–water partition coefficient (Wildman–Crippen LogP) is 4.34. The van der Waals surface area contributed by atoms with Crippen LogP contribution in [0.15, 0.2) is 0 Å². The fourth-order valence-corrected chi connectivity index (χ4v) is 2.59. The molecule has 0 amide bonds. The van der Waals surface area contributed by atoms with Gasteiger partial charge in [-0.2, -0.15) is 57.1 Å². The third-order valence-corrected chi connectivity index (χ3v) is 4.50. The number of carboxylic acid groups (broad SMARTS) is 1. The van der Waals surface area contributed by atoms with Crippen molar-refractivity contribution in [1.82, 2.24) is 0 Å². The van der Waals surface area contributed by atoms with Crippen LogP contribution in [0.2, 0.25) is 0 Å². The molecule has 1 unspecified atom stereocenters. The highest BCUT2D eigenvalue weighted by atomic mass is 32.2. The zero-order valence-corrected chi connectivity index (χ0v) is 13.7. The van der Waals surface area contributed by atoms with Crippen molar-refractivity contribution in [2.45, 2.75) is 48.6 Å². The van der Waals surface area contributed by atoms with E-state index in [0.717, 1.165) is 0 Å². The van der Waals surface area contributed by atoms with E-state index in [4.69, 9.17) is 5.11 Å². The number of carbonyl (C=O) groups is 1. The van der Waals surface area contributed by atoms with Gasteiger partial charge in [0, 0.05) is 28.7 Å². The molecule has 0 radical (unpaired) electrons. The van der Waals surface area contributed by atoms with Gasteiger partial charge in [0.05, 0.1) is 6.42 Å². The van der Waals surface area contributed by atoms with Crippen LogP contribution < -0.4 is 0 Å². The summed E-state index contributed by atoms with van der Waals surface area (Å²) in [5.74, 6) is -41.6. The van der Waals surface area contributed by atoms with Gasteiger partial charge in [0.1, 0.15) is 0 Å². The molecule has 0 aliphatic heterocycles. The first kappa shape index (κ1) is 26.7. The van der Waals surface area contributed by atoms with E-state index in [1.165, 1.54) is 0 Å². The Bertz CT molecular complexity index is 599. The van der Waals surface area contributed by atoms with Gasteiger partial charge in [-0.1, -0.05) is 0 Å². The van der Waals surface area contributed by atoms with Crippen LogP contribution in [0.25, 0.3) is 0 Å². The minimum absolute atomic E-state index is 0.935. The van der Waals surface area contributed by atoms with Crippen molar-refractivity contribution >= 4 is 16.8 Å². The minimum atomic E-state index is -7.98. The first-order valence-corrected chi connectivity index (χ1v) is 8.07. The number of hydrogen-bond donors (Lipinski definition) is 1. The Morgan fingerprint density at radius 1 is 0.679 bits per heavy atom. The summed E-state index contributed by atoms with van der Waals surface area (Å²) in [6.07, 6.45) is -11.0. The van der Waals surface area contributed by atoms with E-state index < -0.39 is 76.9 Å². The molecule has 0 aromatic rings. The highest BCUT2D eigenvalue weighted by Crippen LogP contribution is 2.60. The summed E-state index contributed by atoms with van der Waals surface area (Å²) < 4.78 is 177. The smallest absolute Gasteiger partial charge is 0.460 e. The second-order valence-electron chi connectivity index (χ2n) is 5.24. The van der Waals surface area contributed by atoms with Gasteiger partial charge in [0.15, 0.2) is 0 Å². The largest absolute Gasteiger partial charge is 0.481 e. The summed E-state index contributed by atoms with van der Waals surface area (Å²) in [5.41, 5.74) is 0. The van der Waals surface area contributed by atoms with Crippen LogP contribution in [-0.4, -0.2) is 62.6 Å². The Kier molecular flexibility index (Phi) is 7.49. The van der Waals surface area contributed by atoms with Crippen molar-refractivity contribution in [2.75, 3.05) is 11.5 Å². The summed E-state index contributed by atoms with van der Waals surface area (Å²) in [7, 11) is -2.66. The zero-order valence-electron chi connectivity index (χ0n) is 12.9. The van der Waals surface area contributed by atoms with Crippen LogP contribution in [0.1, 0.15) is 12.8 Å². The third kappa shape index (κ3) is 4.64. The fourth-order valence-electron chi connectivity index (χ4n) is 1.50. The van der Waals surface area contributed by atoms with Gasteiger partial charge < -0.3 is 5.11 Å². The molecule has 0 rings (SSSR count). The molecule has 0 bridgehead atoms. The third-order valence-electron chi connectivity index (χ3n) is 3.19. The monoisotopic (exact) mass is 468 g/mol. The predicted molar refractivity (Wildman–Crippen MR) is 65.5 cm³/mol. The van der Waals surface area contributed by atoms with Crippen LogP contribution >= 0.6 is 0 Å². The van der Waals surface area contributed by atoms with Gasteiger partial charge in [0.25, 0.3) is 0 Å². The highest BCUT2D eigenvalue weighted by Gasteiger charge is 2.90. The lowest BCUT2D eigenvalue weighted by Crippen LogP contribution is -2.70. The molecule has 0 spiro atoms.